The Morgan fingerprint density at radius 3 is 2.67 bits per heavy atom. The van der Waals surface area contributed by atoms with E-state index in [1.54, 1.807) is 10.9 Å². The van der Waals surface area contributed by atoms with Crippen LogP contribution in [-0.2, 0) is 17.8 Å². The van der Waals surface area contributed by atoms with Crippen molar-refractivity contribution in [2.75, 3.05) is 5.73 Å². The second-order valence-electron chi connectivity index (χ2n) is 4.25. The zero-order chi connectivity index (χ0) is 13.1. The summed E-state index contributed by atoms with van der Waals surface area (Å²) in [5, 5.41) is 13.1. The molecule has 0 atom stereocenters. The van der Waals surface area contributed by atoms with Crippen molar-refractivity contribution in [3.63, 3.8) is 0 Å². The molecule has 0 amide bonds. The lowest BCUT2D eigenvalue weighted by Gasteiger charge is -2.02. The normalized spacial score (nSPS) is 10.5. The number of carbonyl (C=O) groups is 1. The molecule has 3 N–H and O–H groups in total. The van der Waals surface area contributed by atoms with Gasteiger partial charge in [0, 0.05) is 17.4 Å². The van der Waals surface area contributed by atoms with Crippen LogP contribution in [0.25, 0.3) is 0 Å². The molecule has 0 bridgehead atoms. The second kappa shape index (κ2) is 4.91. The lowest BCUT2D eigenvalue weighted by atomic mass is 10.2. The molecule has 5 heteroatoms. The van der Waals surface area contributed by atoms with E-state index in [4.69, 9.17) is 10.8 Å². The summed E-state index contributed by atoms with van der Waals surface area (Å²) in [6.45, 7) is 2.43. The summed E-state index contributed by atoms with van der Waals surface area (Å²) in [5.41, 5.74) is 8.92. The fourth-order valence-corrected chi connectivity index (χ4v) is 1.79. The molecule has 1 heterocycles. The Hall–Kier alpha value is -2.30. The molecule has 0 unspecified atom stereocenters. The lowest BCUT2D eigenvalue weighted by Crippen LogP contribution is -2.01. The average molecular weight is 245 g/mol. The molecule has 1 aromatic heterocycles. The Bertz CT molecular complexity index is 558. The summed E-state index contributed by atoms with van der Waals surface area (Å²) >= 11 is 0. The van der Waals surface area contributed by atoms with Crippen molar-refractivity contribution in [1.82, 2.24) is 9.78 Å². The van der Waals surface area contributed by atoms with E-state index in [2.05, 4.69) is 5.10 Å². The van der Waals surface area contributed by atoms with Crippen LogP contribution in [0, 0.1) is 6.92 Å². The molecule has 0 saturated heterocycles. The van der Waals surface area contributed by atoms with E-state index in [9.17, 15) is 4.79 Å². The van der Waals surface area contributed by atoms with Crippen molar-refractivity contribution in [3.8, 4) is 0 Å². The summed E-state index contributed by atoms with van der Waals surface area (Å²) in [4.78, 5) is 10.7. The van der Waals surface area contributed by atoms with Crippen molar-refractivity contribution >= 4 is 11.7 Å². The monoisotopic (exact) mass is 245 g/mol. The largest absolute Gasteiger partial charge is 0.481 e. The molecule has 0 spiro atoms. The number of carboxylic acids is 1. The molecule has 2 aromatic rings. The Morgan fingerprint density at radius 2 is 2.06 bits per heavy atom. The van der Waals surface area contributed by atoms with Crippen LogP contribution in [0.5, 0.6) is 0 Å². The van der Waals surface area contributed by atoms with Gasteiger partial charge in [-0.1, -0.05) is 12.1 Å². The van der Waals surface area contributed by atoms with E-state index in [0.29, 0.717) is 6.54 Å². The minimum Gasteiger partial charge on any atom is -0.481 e. The molecule has 0 saturated carbocycles. The van der Waals surface area contributed by atoms with Crippen LogP contribution < -0.4 is 5.73 Å². The first-order valence-electron chi connectivity index (χ1n) is 5.64. The molecule has 0 fully saturated rings. The van der Waals surface area contributed by atoms with Gasteiger partial charge in [-0.15, -0.1) is 0 Å². The summed E-state index contributed by atoms with van der Waals surface area (Å²) in [6.07, 6.45) is 1.79. The number of hydrogen-bond donors (Lipinski definition) is 2. The van der Waals surface area contributed by atoms with Crippen molar-refractivity contribution in [2.45, 2.75) is 19.9 Å². The van der Waals surface area contributed by atoms with Gasteiger partial charge in [0.15, 0.2) is 0 Å². The van der Waals surface area contributed by atoms with Gasteiger partial charge in [0.25, 0.3) is 0 Å². The van der Waals surface area contributed by atoms with Crippen LogP contribution >= 0.6 is 0 Å². The van der Waals surface area contributed by atoms with Gasteiger partial charge in [0.1, 0.15) is 0 Å². The number of nitrogen functional groups attached to an aromatic ring is 1. The van der Waals surface area contributed by atoms with Crippen LogP contribution in [0.1, 0.15) is 16.8 Å². The topological polar surface area (TPSA) is 81.1 Å². The van der Waals surface area contributed by atoms with Gasteiger partial charge in [-0.2, -0.15) is 5.10 Å². The van der Waals surface area contributed by atoms with Crippen LogP contribution in [-0.4, -0.2) is 20.9 Å². The third-order valence-electron chi connectivity index (χ3n) is 2.71. The quantitative estimate of drug-likeness (QED) is 0.799. The molecule has 0 radical (unpaired) electrons. The number of hydrogen-bond acceptors (Lipinski definition) is 3. The molecule has 0 aliphatic heterocycles. The summed E-state index contributed by atoms with van der Waals surface area (Å²) in [7, 11) is 0. The Kier molecular flexibility index (Phi) is 3.32. The molecule has 94 valence electrons. The number of benzene rings is 1. The van der Waals surface area contributed by atoms with E-state index >= 15 is 0 Å². The maximum atomic E-state index is 10.7. The highest BCUT2D eigenvalue weighted by Gasteiger charge is 2.08. The van der Waals surface area contributed by atoms with Gasteiger partial charge in [0.05, 0.1) is 18.7 Å². The van der Waals surface area contributed by atoms with E-state index in [1.165, 1.54) is 0 Å². The number of nitrogens with zero attached hydrogens (tertiary/aromatic N) is 2. The first kappa shape index (κ1) is 12.2. The number of aliphatic carboxylic acids is 1. The third kappa shape index (κ3) is 2.88. The molecule has 2 rings (SSSR count). The van der Waals surface area contributed by atoms with E-state index in [0.717, 1.165) is 22.5 Å². The average Bonchev–Trinajstić information content (AvgIpc) is 2.62. The Labute approximate surface area is 105 Å². The lowest BCUT2D eigenvalue weighted by molar-refractivity contribution is -0.136. The first-order chi connectivity index (χ1) is 8.54. The van der Waals surface area contributed by atoms with Gasteiger partial charge in [-0.3, -0.25) is 9.48 Å². The van der Waals surface area contributed by atoms with Gasteiger partial charge < -0.3 is 10.8 Å². The smallest absolute Gasteiger partial charge is 0.307 e. The highest BCUT2D eigenvalue weighted by atomic mass is 16.4. The standard InChI is InChI=1S/C13H15N3O2/c1-9-11(6-13(17)18)8-16(15-9)7-10-2-4-12(14)5-3-10/h2-5,8H,6-7,14H2,1H3,(H,17,18). The zero-order valence-electron chi connectivity index (χ0n) is 10.1. The molecule has 18 heavy (non-hydrogen) atoms. The maximum Gasteiger partial charge on any atom is 0.307 e. The molecule has 1 aromatic carbocycles. The van der Waals surface area contributed by atoms with E-state index in [-0.39, 0.29) is 6.42 Å². The number of rotatable bonds is 4. The number of carboxylic acid groups (broad SMARTS) is 1. The van der Waals surface area contributed by atoms with Crippen LogP contribution in [0.3, 0.4) is 0 Å². The van der Waals surface area contributed by atoms with Gasteiger partial charge >= 0.3 is 5.97 Å². The molecular weight excluding hydrogens is 230 g/mol. The predicted molar refractivity (Wildman–Crippen MR) is 68.3 cm³/mol. The Balaban J connectivity index is 2.14. The number of aryl methyl sites for hydroxylation is 1. The predicted octanol–water partition coefficient (Wildman–Crippen LogP) is 1.45. The van der Waals surface area contributed by atoms with Crippen LogP contribution in [0.15, 0.2) is 30.5 Å². The van der Waals surface area contributed by atoms with Gasteiger partial charge in [0.2, 0.25) is 0 Å². The SMILES string of the molecule is Cc1nn(Cc2ccc(N)cc2)cc1CC(=O)O. The van der Waals surface area contributed by atoms with Crippen molar-refractivity contribution in [2.24, 2.45) is 0 Å². The minimum absolute atomic E-state index is 0.00751. The molecule has 0 aliphatic rings. The second-order valence-corrected chi connectivity index (χ2v) is 4.25. The summed E-state index contributed by atoms with van der Waals surface area (Å²) in [6, 6.07) is 7.54. The summed E-state index contributed by atoms with van der Waals surface area (Å²) in [5.74, 6) is -0.842. The highest BCUT2D eigenvalue weighted by Crippen LogP contribution is 2.10. The highest BCUT2D eigenvalue weighted by molar-refractivity contribution is 5.70. The van der Waals surface area contributed by atoms with Gasteiger partial charge in [-0.25, -0.2) is 0 Å². The van der Waals surface area contributed by atoms with Crippen LogP contribution in [0.4, 0.5) is 5.69 Å². The van der Waals surface area contributed by atoms with Gasteiger partial charge in [-0.05, 0) is 24.6 Å². The first-order valence-corrected chi connectivity index (χ1v) is 5.64. The van der Waals surface area contributed by atoms with Crippen molar-refractivity contribution in [3.05, 3.63) is 47.3 Å². The zero-order valence-corrected chi connectivity index (χ0v) is 10.1. The maximum absolute atomic E-state index is 10.7. The van der Waals surface area contributed by atoms with E-state index in [1.807, 2.05) is 31.2 Å². The Morgan fingerprint density at radius 1 is 1.39 bits per heavy atom. The fourth-order valence-electron chi connectivity index (χ4n) is 1.79. The number of aromatic nitrogens is 2. The van der Waals surface area contributed by atoms with Crippen LogP contribution in [0.2, 0.25) is 0 Å². The van der Waals surface area contributed by atoms with Crippen molar-refractivity contribution in [1.29, 1.82) is 0 Å². The number of nitrogens with two attached hydrogens (primary N) is 1. The fraction of sp³-hybridized carbons (Fsp3) is 0.231. The minimum atomic E-state index is -0.842. The summed E-state index contributed by atoms with van der Waals surface area (Å²) < 4.78 is 1.75. The molecular formula is C13H15N3O2. The number of anilines is 1. The van der Waals surface area contributed by atoms with Crippen molar-refractivity contribution < 1.29 is 9.90 Å². The molecule has 5 nitrogen and oxygen atoms in total. The van der Waals surface area contributed by atoms with E-state index < -0.39 is 5.97 Å². The molecule has 0 aliphatic carbocycles. The third-order valence-corrected chi connectivity index (χ3v) is 2.71.